The van der Waals surface area contributed by atoms with Gasteiger partial charge >= 0.3 is 0 Å². The molecule has 0 aromatic rings. The number of hydrogen-bond acceptors (Lipinski definition) is 5. The number of halogens is 2. The molecular weight excluding hydrogens is 291 g/mol. The van der Waals surface area contributed by atoms with Crippen molar-refractivity contribution in [3.8, 4) is 0 Å². The predicted molar refractivity (Wildman–Crippen MR) is 83.1 cm³/mol. The Hall–Kier alpha value is -0.560. The van der Waals surface area contributed by atoms with E-state index in [1.165, 1.54) is 0 Å². The van der Waals surface area contributed by atoms with Gasteiger partial charge in [0.25, 0.3) is 5.91 Å². The average Bonchev–Trinajstić information content (AvgIpc) is 2.24. The second-order valence-corrected chi connectivity index (χ2v) is 4.35. The fourth-order valence-electron chi connectivity index (χ4n) is 1.43. The van der Waals surface area contributed by atoms with Crippen LogP contribution in [0.5, 0.6) is 0 Å². The molecule has 0 aromatic carbocycles. The van der Waals surface area contributed by atoms with Crippen molar-refractivity contribution in [1.29, 1.82) is 0 Å². The first-order valence-electron chi connectivity index (χ1n) is 5.84. The molecule has 0 aromatic heterocycles. The van der Waals surface area contributed by atoms with E-state index in [-0.39, 0.29) is 30.7 Å². The number of nitrogens with one attached hydrogen (secondary N) is 1. The summed E-state index contributed by atoms with van der Waals surface area (Å²) in [5.74, 6) is -0.359. The highest BCUT2D eigenvalue weighted by atomic mass is 35.5. The monoisotopic (exact) mass is 316 g/mol. The summed E-state index contributed by atoms with van der Waals surface area (Å²) in [7, 11) is 6.21. The molecule has 6 nitrogen and oxygen atoms in total. The number of hydrogen-bond donors (Lipinski definition) is 2. The van der Waals surface area contributed by atoms with Gasteiger partial charge in [-0.3, -0.25) is 4.79 Å². The molecule has 0 spiro atoms. The van der Waals surface area contributed by atoms with E-state index in [1.54, 1.807) is 0 Å². The molecular formula is C11H26Cl2N4O2. The van der Waals surface area contributed by atoms with Crippen LogP contribution in [0.15, 0.2) is 5.16 Å². The Morgan fingerprint density at radius 1 is 1.16 bits per heavy atom. The molecule has 0 aliphatic rings. The van der Waals surface area contributed by atoms with E-state index in [4.69, 9.17) is 5.21 Å². The minimum absolute atomic E-state index is 0. The largest absolute Gasteiger partial charge is 0.411 e. The summed E-state index contributed by atoms with van der Waals surface area (Å²) in [5, 5.41) is 13.4. The van der Waals surface area contributed by atoms with Gasteiger partial charge in [0.1, 0.15) is 6.21 Å². The van der Waals surface area contributed by atoms with Crippen LogP contribution in [0.4, 0.5) is 0 Å². The third-order valence-corrected chi connectivity index (χ3v) is 2.34. The Labute approximate surface area is 128 Å². The van der Waals surface area contributed by atoms with Gasteiger partial charge in [0, 0.05) is 6.54 Å². The van der Waals surface area contributed by atoms with E-state index in [0.717, 1.165) is 38.7 Å². The molecule has 0 bridgehead atoms. The van der Waals surface area contributed by atoms with Crippen LogP contribution < -0.4 is 5.32 Å². The molecule has 0 saturated carbocycles. The molecule has 19 heavy (non-hydrogen) atoms. The highest BCUT2D eigenvalue weighted by Crippen LogP contribution is 1.91. The van der Waals surface area contributed by atoms with Gasteiger partial charge in [0.15, 0.2) is 0 Å². The minimum Gasteiger partial charge on any atom is -0.411 e. The van der Waals surface area contributed by atoms with Crippen molar-refractivity contribution in [2.75, 3.05) is 47.3 Å². The molecule has 116 valence electrons. The number of carbonyl (C=O) groups is 1. The molecule has 0 atom stereocenters. The maximum absolute atomic E-state index is 10.9. The molecule has 8 heteroatoms. The molecule has 0 aliphatic carbocycles. The first-order chi connectivity index (χ1) is 8.06. The molecule has 0 aliphatic heterocycles. The van der Waals surface area contributed by atoms with Crippen molar-refractivity contribution in [3.63, 3.8) is 0 Å². The van der Waals surface area contributed by atoms with Crippen molar-refractivity contribution < 1.29 is 10.0 Å². The van der Waals surface area contributed by atoms with E-state index in [9.17, 15) is 4.79 Å². The first-order valence-corrected chi connectivity index (χ1v) is 5.84. The SMILES string of the molecule is CN(C)CCCN(C)CCCNC(=O)/C=N/O.Cl.Cl. The summed E-state index contributed by atoms with van der Waals surface area (Å²) in [4.78, 5) is 15.3. The van der Waals surface area contributed by atoms with Gasteiger partial charge in [-0.15, -0.1) is 24.8 Å². The van der Waals surface area contributed by atoms with Crippen LogP contribution in [0.3, 0.4) is 0 Å². The number of amides is 1. The van der Waals surface area contributed by atoms with Gasteiger partial charge in [-0.25, -0.2) is 0 Å². The highest BCUT2D eigenvalue weighted by Gasteiger charge is 2.00. The van der Waals surface area contributed by atoms with E-state index in [1.807, 2.05) is 0 Å². The Kier molecular flexibility index (Phi) is 19.2. The zero-order valence-electron chi connectivity index (χ0n) is 11.8. The van der Waals surface area contributed by atoms with Gasteiger partial charge in [-0.2, -0.15) is 0 Å². The zero-order valence-corrected chi connectivity index (χ0v) is 13.5. The smallest absolute Gasteiger partial charge is 0.265 e. The van der Waals surface area contributed by atoms with Gasteiger partial charge in [0.2, 0.25) is 0 Å². The maximum Gasteiger partial charge on any atom is 0.265 e. The Morgan fingerprint density at radius 3 is 2.26 bits per heavy atom. The lowest BCUT2D eigenvalue weighted by molar-refractivity contribution is -0.114. The second-order valence-electron chi connectivity index (χ2n) is 4.35. The topological polar surface area (TPSA) is 68.2 Å². The van der Waals surface area contributed by atoms with Crippen molar-refractivity contribution in [3.05, 3.63) is 0 Å². The lowest BCUT2D eigenvalue weighted by Gasteiger charge is -2.17. The van der Waals surface area contributed by atoms with Gasteiger partial charge in [-0.1, -0.05) is 5.16 Å². The van der Waals surface area contributed by atoms with Crippen LogP contribution in [0, 0.1) is 0 Å². The number of rotatable bonds is 9. The predicted octanol–water partition coefficient (Wildman–Crippen LogP) is 0.680. The van der Waals surface area contributed by atoms with Gasteiger partial charge in [0.05, 0.1) is 0 Å². The Bertz CT molecular complexity index is 241. The number of oxime groups is 1. The Morgan fingerprint density at radius 2 is 1.74 bits per heavy atom. The van der Waals surface area contributed by atoms with E-state index >= 15 is 0 Å². The van der Waals surface area contributed by atoms with Crippen LogP contribution in [-0.2, 0) is 4.79 Å². The minimum atomic E-state index is -0.359. The fraction of sp³-hybridized carbons (Fsp3) is 0.818. The van der Waals surface area contributed by atoms with Crippen LogP contribution >= 0.6 is 24.8 Å². The average molecular weight is 317 g/mol. The third kappa shape index (κ3) is 17.4. The third-order valence-electron chi connectivity index (χ3n) is 2.34. The van der Waals surface area contributed by atoms with Crippen molar-refractivity contribution in [1.82, 2.24) is 15.1 Å². The number of nitrogens with zero attached hydrogens (tertiary/aromatic N) is 3. The molecule has 2 N–H and O–H groups in total. The van der Waals surface area contributed by atoms with Crippen LogP contribution in [0.2, 0.25) is 0 Å². The molecule has 0 heterocycles. The molecule has 0 rings (SSSR count). The van der Waals surface area contributed by atoms with Crippen LogP contribution in [0.25, 0.3) is 0 Å². The second kappa shape index (κ2) is 15.5. The molecule has 0 saturated heterocycles. The highest BCUT2D eigenvalue weighted by molar-refractivity contribution is 6.25. The van der Waals surface area contributed by atoms with E-state index < -0.39 is 0 Å². The number of carbonyl (C=O) groups excluding carboxylic acids is 1. The van der Waals surface area contributed by atoms with Gasteiger partial charge < -0.3 is 20.3 Å². The van der Waals surface area contributed by atoms with Crippen molar-refractivity contribution in [2.45, 2.75) is 12.8 Å². The summed E-state index contributed by atoms with van der Waals surface area (Å²) in [6.07, 6.45) is 2.90. The first kappa shape index (κ1) is 23.5. The lowest BCUT2D eigenvalue weighted by Crippen LogP contribution is -2.30. The van der Waals surface area contributed by atoms with Crippen molar-refractivity contribution in [2.24, 2.45) is 5.16 Å². The molecule has 1 amide bonds. The Balaban J connectivity index is -0.00000128. The zero-order chi connectivity index (χ0) is 13.1. The lowest BCUT2D eigenvalue weighted by atomic mass is 10.3. The summed E-state index contributed by atoms with van der Waals surface area (Å²) < 4.78 is 0. The molecule has 0 unspecified atom stereocenters. The van der Waals surface area contributed by atoms with Gasteiger partial charge in [-0.05, 0) is 53.6 Å². The van der Waals surface area contributed by atoms with E-state index in [0.29, 0.717) is 6.54 Å². The van der Waals surface area contributed by atoms with Crippen molar-refractivity contribution >= 4 is 36.9 Å². The standard InChI is InChI=1S/C11H24N4O2.2ClH/c1-14(2)7-5-9-15(3)8-4-6-12-11(16)10-13-17;;/h10,17H,4-9H2,1-3H3,(H,12,16);2*1H/b13-10+;;. The summed E-state index contributed by atoms with van der Waals surface area (Å²) >= 11 is 0. The fourth-order valence-corrected chi connectivity index (χ4v) is 1.43. The van der Waals surface area contributed by atoms with Crippen LogP contribution in [0.1, 0.15) is 12.8 Å². The normalized spacial score (nSPS) is 10.4. The maximum atomic E-state index is 10.9. The summed E-state index contributed by atoms with van der Waals surface area (Å²) in [6, 6.07) is 0. The van der Waals surface area contributed by atoms with Crippen LogP contribution in [-0.4, -0.2) is 74.5 Å². The quantitative estimate of drug-likeness (QED) is 0.284. The summed E-state index contributed by atoms with van der Waals surface area (Å²) in [5.41, 5.74) is 0. The summed E-state index contributed by atoms with van der Waals surface area (Å²) in [6.45, 7) is 3.70. The molecule has 0 fully saturated rings. The van der Waals surface area contributed by atoms with E-state index in [2.05, 4.69) is 41.4 Å². The molecule has 0 radical (unpaired) electrons.